The minimum Gasteiger partial charge on any atom is -0.351 e. The van der Waals surface area contributed by atoms with Crippen molar-refractivity contribution in [3.63, 3.8) is 0 Å². The Hall–Kier alpha value is -3.19. The van der Waals surface area contributed by atoms with Gasteiger partial charge in [-0.15, -0.1) is 0 Å². The molecule has 13 heteroatoms. The minimum absolute atomic E-state index is 0.0508. The normalized spacial score (nSPS) is 18.9. The molecule has 1 saturated carbocycles. The summed E-state index contributed by atoms with van der Waals surface area (Å²) >= 11 is 0. The highest BCUT2D eigenvalue weighted by molar-refractivity contribution is 7.83. The van der Waals surface area contributed by atoms with Crippen LogP contribution < -0.4 is 15.4 Å². The molecule has 2 fully saturated rings. The molecule has 1 aliphatic carbocycles. The molecular weight excluding hydrogens is 499 g/mol. The maximum atomic E-state index is 15.6. The van der Waals surface area contributed by atoms with Crippen molar-refractivity contribution in [2.45, 2.75) is 49.1 Å². The summed E-state index contributed by atoms with van der Waals surface area (Å²) in [5.41, 5.74) is -0.398. The van der Waals surface area contributed by atoms with Gasteiger partial charge in [-0.05, 0) is 31.4 Å². The molecule has 1 aliphatic heterocycles. The largest absolute Gasteiger partial charge is 0.351 e. The monoisotopic (exact) mass is 525 g/mol. The molecule has 4 rings (SSSR count). The van der Waals surface area contributed by atoms with Crippen LogP contribution in [-0.4, -0.2) is 57.6 Å². The molecule has 1 aromatic carbocycles. The van der Waals surface area contributed by atoms with E-state index in [1.165, 1.54) is 22.7 Å². The van der Waals surface area contributed by atoms with Crippen molar-refractivity contribution >= 4 is 34.4 Å². The van der Waals surface area contributed by atoms with Crippen molar-refractivity contribution in [1.82, 2.24) is 19.5 Å². The zero-order chi connectivity index (χ0) is 26.0. The van der Waals surface area contributed by atoms with E-state index in [1.54, 1.807) is 0 Å². The van der Waals surface area contributed by atoms with Crippen LogP contribution in [0, 0.1) is 17.5 Å². The first-order chi connectivity index (χ1) is 17.2. The van der Waals surface area contributed by atoms with Crippen molar-refractivity contribution in [3.05, 3.63) is 47.5 Å². The molecule has 2 aromatic rings. The fourth-order valence-corrected chi connectivity index (χ4v) is 5.66. The van der Waals surface area contributed by atoms with E-state index in [4.69, 9.17) is 0 Å². The molecule has 36 heavy (non-hydrogen) atoms. The lowest BCUT2D eigenvalue weighted by Crippen LogP contribution is -2.42. The van der Waals surface area contributed by atoms with Gasteiger partial charge in [0.05, 0.1) is 0 Å². The molecule has 3 N–H and O–H groups in total. The number of hydrogen-bond donors (Lipinski definition) is 3. The SMILES string of the molecule is CNC(=O)C(=O)N1CCC(NS(=O)c2cn(C3CCCC3)c(C(=O)Nc3ccc(F)c(F)c3)c2F)C1. The number of nitrogens with one attached hydrogen (secondary N) is 3. The Labute approximate surface area is 208 Å². The Kier molecular flexibility index (Phi) is 7.79. The Balaban J connectivity index is 1.54. The number of carbonyl (C=O) groups excluding carboxylic acids is 3. The molecule has 0 bridgehead atoms. The second kappa shape index (κ2) is 10.8. The Bertz CT molecular complexity index is 1210. The van der Waals surface area contributed by atoms with Gasteiger partial charge >= 0.3 is 11.8 Å². The summed E-state index contributed by atoms with van der Waals surface area (Å²) in [5, 5.41) is 4.64. The van der Waals surface area contributed by atoms with Crippen LogP contribution in [0.3, 0.4) is 0 Å². The summed E-state index contributed by atoms with van der Waals surface area (Å²) in [6.45, 7) is 0.390. The maximum Gasteiger partial charge on any atom is 0.311 e. The molecule has 2 heterocycles. The van der Waals surface area contributed by atoms with Gasteiger partial charge in [0.2, 0.25) is 0 Å². The number of anilines is 1. The predicted molar refractivity (Wildman–Crippen MR) is 125 cm³/mol. The van der Waals surface area contributed by atoms with E-state index in [1.807, 2.05) is 0 Å². The van der Waals surface area contributed by atoms with Crippen LogP contribution >= 0.6 is 0 Å². The summed E-state index contributed by atoms with van der Waals surface area (Å²) < 4.78 is 59.7. The van der Waals surface area contributed by atoms with Gasteiger partial charge in [0, 0.05) is 50.2 Å². The number of halogens is 3. The first-order valence-corrected chi connectivity index (χ1v) is 12.7. The van der Waals surface area contributed by atoms with E-state index >= 15 is 4.39 Å². The quantitative estimate of drug-likeness (QED) is 0.502. The number of aromatic nitrogens is 1. The molecule has 2 unspecified atom stereocenters. The second-order valence-corrected chi connectivity index (χ2v) is 10.00. The summed E-state index contributed by atoms with van der Waals surface area (Å²) in [6.07, 6.45) is 4.95. The molecule has 9 nitrogen and oxygen atoms in total. The highest BCUT2D eigenvalue weighted by Crippen LogP contribution is 2.34. The lowest BCUT2D eigenvalue weighted by molar-refractivity contribution is -0.144. The van der Waals surface area contributed by atoms with E-state index in [2.05, 4.69) is 15.4 Å². The number of carbonyl (C=O) groups is 3. The Morgan fingerprint density at radius 3 is 2.44 bits per heavy atom. The molecule has 0 radical (unpaired) electrons. The van der Waals surface area contributed by atoms with Crippen molar-refractivity contribution in [3.8, 4) is 0 Å². The first-order valence-electron chi connectivity index (χ1n) is 11.5. The molecular formula is C23H26F3N5O4S. The fraction of sp³-hybridized carbons (Fsp3) is 0.435. The number of likely N-dealkylation sites (tertiary alicyclic amines) is 1. The lowest BCUT2D eigenvalue weighted by atomic mass is 10.2. The third kappa shape index (κ3) is 5.31. The number of amides is 3. The van der Waals surface area contributed by atoms with Gasteiger partial charge in [0.1, 0.15) is 21.6 Å². The third-order valence-corrected chi connectivity index (χ3v) is 7.65. The van der Waals surface area contributed by atoms with Crippen LogP contribution in [0.1, 0.15) is 48.6 Å². The smallest absolute Gasteiger partial charge is 0.311 e. The molecule has 0 spiro atoms. The highest BCUT2D eigenvalue weighted by Gasteiger charge is 2.33. The van der Waals surface area contributed by atoms with Crippen LogP contribution in [0.15, 0.2) is 29.3 Å². The van der Waals surface area contributed by atoms with E-state index in [0.29, 0.717) is 19.3 Å². The molecule has 1 saturated heterocycles. The number of rotatable bonds is 6. The maximum absolute atomic E-state index is 15.6. The summed E-state index contributed by atoms with van der Waals surface area (Å²) in [4.78, 5) is 37.7. The van der Waals surface area contributed by atoms with Crippen molar-refractivity contribution in [2.24, 2.45) is 0 Å². The van der Waals surface area contributed by atoms with Crippen LogP contribution in [0.5, 0.6) is 0 Å². The second-order valence-electron chi connectivity index (χ2n) is 8.79. The van der Waals surface area contributed by atoms with Gasteiger partial charge in [0.25, 0.3) is 5.91 Å². The molecule has 3 amide bonds. The van der Waals surface area contributed by atoms with Gasteiger partial charge in [-0.1, -0.05) is 12.8 Å². The van der Waals surface area contributed by atoms with Crippen LogP contribution in [0.2, 0.25) is 0 Å². The number of nitrogens with zero attached hydrogens (tertiary/aromatic N) is 2. The average Bonchev–Trinajstić information content (AvgIpc) is 3.60. The molecule has 2 atom stereocenters. The van der Waals surface area contributed by atoms with Crippen LogP contribution in [0.25, 0.3) is 0 Å². The minimum atomic E-state index is -2.06. The predicted octanol–water partition coefficient (Wildman–Crippen LogP) is 2.23. The molecule has 1 aromatic heterocycles. The standard InChI is InChI=1S/C23H26F3N5O4S/c1-27-22(33)23(34)30-9-8-14(11-30)29-36(35)18-12-31(15-4-2-3-5-15)20(19(18)26)21(32)28-13-6-7-16(24)17(25)10-13/h6-7,10,12,14-15,29H,2-5,8-9,11H2,1H3,(H,27,33)(H,28,32). The third-order valence-electron chi connectivity index (χ3n) is 6.42. The fourth-order valence-electron chi connectivity index (χ4n) is 4.56. The van der Waals surface area contributed by atoms with Gasteiger partial charge in [-0.3, -0.25) is 14.4 Å². The van der Waals surface area contributed by atoms with Gasteiger partial charge in [0.15, 0.2) is 17.5 Å². The first kappa shape index (κ1) is 25.9. The van der Waals surface area contributed by atoms with Gasteiger partial charge < -0.3 is 20.1 Å². The zero-order valence-corrected chi connectivity index (χ0v) is 20.3. The Morgan fingerprint density at radius 2 is 1.78 bits per heavy atom. The molecule has 2 aliphatic rings. The summed E-state index contributed by atoms with van der Waals surface area (Å²) in [7, 11) is -0.712. The summed E-state index contributed by atoms with van der Waals surface area (Å²) in [5.74, 6) is -5.57. The topological polar surface area (TPSA) is 113 Å². The van der Waals surface area contributed by atoms with E-state index in [9.17, 15) is 27.4 Å². The zero-order valence-electron chi connectivity index (χ0n) is 19.5. The number of benzene rings is 1. The lowest BCUT2D eigenvalue weighted by Gasteiger charge is -2.16. The van der Waals surface area contributed by atoms with E-state index in [0.717, 1.165) is 31.0 Å². The number of hydrogen-bond acceptors (Lipinski definition) is 4. The molecule has 194 valence electrons. The van der Waals surface area contributed by atoms with Crippen molar-refractivity contribution < 1.29 is 31.8 Å². The summed E-state index contributed by atoms with van der Waals surface area (Å²) in [6, 6.07) is 2.17. The highest BCUT2D eigenvalue weighted by atomic mass is 32.2. The number of likely N-dealkylation sites (N-methyl/N-ethyl adjacent to an activating group) is 1. The van der Waals surface area contributed by atoms with E-state index in [-0.39, 0.29) is 35.4 Å². The Morgan fingerprint density at radius 1 is 1.06 bits per heavy atom. The van der Waals surface area contributed by atoms with Crippen LogP contribution in [0.4, 0.5) is 18.9 Å². The van der Waals surface area contributed by atoms with Gasteiger partial charge in [-0.2, -0.15) is 0 Å². The van der Waals surface area contributed by atoms with E-state index < -0.39 is 52.2 Å². The van der Waals surface area contributed by atoms with Crippen molar-refractivity contribution in [2.75, 3.05) is 25.5 Å². The average molecular weight is 526 g/mol. The van der Waals surface area contributed by atoms with Gasteiger partial charge in [-0.25, -0.2) is 22.1 Å². The van der Waals surface area contributed by atoms with Crippen molar-refractivity contribution in [1.29, 1.82) is 0 Å². The van der Waals surface area contributed by atoms with Crippen LogP contribution in [-0.2, 0) is 20.6 Å².